The van der Waals surface area contributed by atoms with Crippen LogP contribution in [-0.4, -0.2) is 10.2 Å². The fourth-order valence-electron chi connectivity index (χ4n) is 1.85. The van der Waals surface area contributed by atoms with Crippen molar-refractivity contribution in [2.75, 3.05) is 0 Å². The molecule has 3 rings (SSSR count). The molecule has 0 saturated carbocycles. The SMILES string of the molecule is [C-]#[N+]C([N+]#[C-])=C1Sc2c(O)c3c(c(O)c2S1)SC(=C(C#N)C#N)S3. The Balaban J connectivity index is 2.15. The van der Waals surface area contributed by atoms with Gasteiger partial charge in [-0.15, -0.1) is 0 Å². The second-order valence-electron chi connectivity index (χ2n) is 4.14. The van der Waals surface area contributed by atoms with Gasteiger partial charge in [-0.25, -0.2) is 0 Å². The normalized spacial score (nSPS) is 14.0. The first-order valence-corrected chi connectivity index (χ1v) is 9.19. The van der Waals surface area contributed by atoms with Gasteiger partial charge in [-0.2, -0.15) is 20.2 Å². The molecule has 1 aromatic carbocycles. The molecule has 0 spiro atoms. The summed E-state index contributed by atoms with van der Waals surface area (Å²) in [5.41, 5.74) is -0.0793. The molecule has 10 heteroatoms. The summed E-state index contributed by atoms with van der Waals surface area (Å²) < 4.78 is 0.808. The Bertz CT molecular complexity index is 875. The molecule has 0 saturated heterocycles. The van der Waals surface area contributed by atoms with Crippen LogP contribution in [0.25, 0.3) is 9.69 Å². The molecule has 2 aliphatic rings. The number of aromatic hydroxyl groups is 2. The smallest absolute Gasteiger partial charge is 0.505 e. The summed E-state index contributed by atoms with van der Waals surface area (Å²) in [5.74, 6) is -0.276. The van der Waals surface area contributed by atoms with Crippen molar-refractivity contribution in [1.82, 2.24) is 0 Å². The number of benzene rings is 1. The van der Waals surface area contributed by atoms with Crippen LogP contribution < -0.4 is 0 Å². The molecule has 0 amide bonds. The van der Waals surface area contributed by atoms with Gasteiger partial charge in [-0.1, -0.05) is 47.0 Å². The van der Waals surface area contributed by atoms with E-state index in [1.807, 2.05) is 0 Å². The number of fused-ring (bicyclic) bond motifs is 2. The van der Waals surface area contributed by atoms with Crippen molar-refractivity contribution in [2.45, 2.75) is 19.6 Å². The summed E-state index contributed by atoms with van der Waals surface area (Å²) in [6.07, 6.45) is 0. The van der Waals surface area contributed by atoms with E-state index < -0.39 is 0 Å². The highest BCUT2D eigenvalue weighted by molar-refractivity contribution is 8.25. The summed E-state index contributed by atoms with van der Waals surface area (Å²) in [4.78, 5) is 7.79. The van der Waals surface area contributed by atoms with Crippen molar-refractivity contribution in [3.8, 4) is 23.6 Å². The summed E-state index contributed by atoms with van der Waals surface area (Å²) >= 11 is 4.21. The van der Waals surface area contributed by atoms with Gasteiger partial charge < -0.3 is 10.2 Å². The summed E-state index contributed by atoms with van der Waals surface area (Å²) in [6.45, 7) is 14.0. The quantitative estimate of drug-likeness (QED) is 0.376. The molecule has 114 valence electrons. The number of thioether (sulfide) groups is 4. The van der Waals surface area contributed by atoms with Gasteiger partial charge in [-0.3, -0.25) is 0 Å². The second-order valence-corrected chi connectivity index (χ2v) is 8.74. The third-order valence-electron chi connectivity index (χ3n) is 2.87. The van der Waals surface area contributed by atoms with Gasteiger partial charge in [0, 0.05) is 0 Å². The van der Waals surface area contributed by atoms with E-state index in [0.29, 0.717) is 28.1 Å². The number of allylic oxidation sites excluding steroid dienone is 1. The molecule has 2 N–H and O–H groups in total. The zero-order valence-electron chi connectivity index (χ0n) is 11.3. The molecule has 2 heterocycles. The van der Waals surface area contributed by atoms with E-state index in [0.717, 1.165) is 47.0 Å². The molecule has 0 bridgehead atoms. The van der Waals surface area contributed by atoms with E-state index >= 15 is 0 Å². The van der Waals surface area contributed by atoms with Crippen LogP contribution >= 0.6 is 47.0 Å². The van der Waals surface area contributed by atoms with Crippen molar-refractivity contribution in [3.63, 3.8) is 0 Å². The molecular formula is C14H2N4O2S4. The number of hydrogen-bond acceptors (Lipinski definition) is 8. The van der Waals surface area contributed by atoms with Crippen molar-refractivity contribution in [1.29, 1.82) is 10.5 Å². The molecule has 0 fully saturated rings. The van der Waals surface area contributed by atoms with Crippen molar-refractivity contribution in [3.05, 3.63) is 42.7 Å². The zero-order valence-corrected chi connectivity index (χ0v) is 14.6. The van der Waals surface area contributed by atoms with Gasteiger partial charge in [0.1, 0.15) is 46.6 Å². The third-order valence-corrected chi connectivity index (χ3v) is 8.05. The largest absolute Gasteiger partial charge is 0.540 e. The van der Waals surface area contributed by atoms with Crippen LogP contribution in [0.1, 0.15) is 0 Å². The van der Waals surface area contributed by atoms with E-state index in [9.17, 15) is 10.2 Å². The van der Waals surface area contributed by atoms with Crippen LogP contribution in [0, 0.1) is 35.8 Å². The lowest BCUT2D eigenvalue weighted by molar-refractivity contribution is 0.411. The number of nitrogens with zero attached hydrogens (tertiary/aromatic N) is 4. The number of phenols is 2. The van der Waals surface area contributed by atoms with Crippen LogP contribution in [0.15, 0.2) is 39.5 Å². The lowest BCUT2D eigenvalue weighted by Crippen LogP contribution is -1.81. The lowest BCUT2D eigenvalue weighted by Gasteiger charge is -2.08. The zero-order chi connectivity index (χ0) is 17.4. The topological polar surface area (TPSA) is 96.8 Å². The molecule has 0 aliphatic carbocycles. The maximum Gasteiger partial charge on any atom is 0.540 e. The molecule has 0 atom stereocenters. The average Bonchev–Trinajstić information content (AvgIpc) is 3.21. The molecular weight excluding hydrogens is 384 g/mol. The molecule has 0 aromatic heterocycles. The molecule has 0 radical (unpaired) electrons. The van der Waals surface area contributed by atoms with Crippen LogP contribution in [0.2, 0.25) is 0 Å². The van der Waals surface area contributed by atoms with Crippen LogP contribution in [-0.2, 0) is 0 Å². The maximum absolute atomic E-state index is 10.5. The summed E-state index contributed by atoms with van der Waals surface area (Å²) in [5, 5.41) is 38.9. The highest BCUT2D eigenvalue weighted by Crippen LogP contribution is 2.67. The third kappa shape index (κ3) is 2.38. The van der Waals surface area contributed by atoms with Gasteiger partial charge in [0.15, 0.2) is 0 Å². The van der Waals surface area contributed by atoms with Gasteiger partial charge in [0.2, 0.25) is 0 Å². The van der Waals surface area contributed by atoms with Gasteiger partial charge in [0.05, 0.1) is 23.8 Å². The van der Waals surface area contributed by atoms with Crippen molar-refractivity contribution in [2.24, 2.45) is 0 Å². The lowest BCUT2D eigenvalue weighted by atomic mass is 10.3. The Morgan fingerprint density at radius 2 is 1.17 bits per heavy atom. The first kappa shape index (κ1) is 16.5. The fourth-order valence-corrected chi connectivity index (χ4v) is 6.86. The van der Waals surface area contributed by atoms with E-state index in [-0.39, 0.29) is 22.9 Å². The number of rotatable bonds is 0. The fraction of sp³-hybridized carbons (Fsp3) is 0. The first-order valence-electron chi connectivity index (χ1n) is 5.92. The van der Waals surface area contributed by atoms with Crippen LogP contribution in [0.4, 0.5) is 0 Å². The van der Waals surface area contributed by atoms with E-state index in [1.165, 1.54) is 0 Å². The van der Waals surface area contributed by atoms with E-state index in [4.69, 9.17) is 23.7 Å². The predicted molar refractivity (Wildman–Crippen MR) is 91.7 cm³/mol. The Morgan fingerprint density at radius 3 is 1.50 bits per heavy atom. The minimum Gasteiger partial charge on any atom is -0.505 e. The van der Waals surface area contributed by atoms with E-state index in [2.05, 4.69) is 9.69 Å². The van der Waals surface area contributed by atoms with Crippen molar-refractivity contribution >= 4 is 47.0 Å². The minimum atomic E-state index is -0.114. The van der Waals surface area contributed by atoms with Crippen molar-refractivity contribution < 1.29 is 10.2 Å². The second kappa shape index (κ2) is 6.28. The Labute approximate surface area is 153 Å². The van der Waals surface area contributed by atoms with E-state index in [1.54, 1.807) is 12.1 Å². The Hall–Kier alpha value is -2.34. The monoisotopic (exact) mass is 386 g/mol. The van der Waals surface area contributed by atoms with Gasteiger partial charge in [0.25, 0.3) is 0 Å². The minimum absolute atomic E-state index is 0.0793. The highest BCUT2D eigenvalue weighted by Gasteiger charge is 2.38. The maximum atomic E-state index is 10.5. The number of hydrogen-bond donors (Lipinski definition) is 2. The Morgan fingerprint density at radius 1 is 0.792 bits per heavy atom. The van der Waals surface area contributed by atoms with Gasteiger partial charge >= 0.3 is 5.82 Å². The molecule has 24 heavy (non-hydrogen) atoms. The molecule has 6 nitrogen and oxygen atoms in total. The first-order chi connectivity index (χ1) is 11.5. The molecule has 0 unspecified atom stereocenters. The predicted octanol–water partition coefficient (Wildman–Crippen LogP) is 4.72. The number of nitriles is 2. The summed E-state index contributed by atoms with van der Waals surface area (Å²) in [7, 11) is 0. The highest BCUT2D eigenvalue weighted by atomic mass is 32.2. The van der Waals surface area contributed by atoms with Gasteiger partial charge in [-0.05, 0) is 0 Å². The van der Waals surface area contributed by atoms with Crippen LogP contribution in [0.3, 0.4) is 0 Å². The Kier molecular flexibility index (Phi) is 4.32. The average molecular weight is 386 g/mol. The van der Waals surface area contributed by atoms with Crippen LogP contribution in [0.5, 0.6) is 11.5 Å². The summed E-state index contributed by atoms with van der Waals surface area (Å²) in [6, 6.07) is 3.58. The molecule has 2 aliphatic heterocycles. The molecule has 1 aromatic rings. The standard InChI is InChI=1S/C14H2N4O2S4/c1-17-12(18-2)14-23-10-6(19)8-9(7(20)11(10)24-14)22-13(21-8)5(3-15)4-16/h19-20H. The number of phenolic OH excluding ortho intramolecular Hbond substituents is 2.